The third-order valence-electron chi connectivity index (χ3n) is 3.22. The lowest BCUT2D eigenvalue weighted by atomic mass is 10.2. The zero-order valence-electron chi connectivity index (χ0n) is 10.2. The van der Waals surface area contributed by atoms with Crippen molar-refractivity contribution in [3.05, 3.63) is 18.1 Å². The van der Waals surface area contributed by atoms with E-state index in [4.69, 9.17) is 5.26 Å². The van der Waals surface area contributed by atoms with Crippen LogP contribution in [-0.2, 0) is 0 Å². The largest absolute Gasteiger partial charge is 0.367 e. The van der Waals surface area contributed by atoms with Gasteiger partial charge in [0.1, 0.15) is 23.8 Å². The van der Waals surface area contributed by atoms with Crippen LogP contribution >= 0.6 is 0 Å². The van der Waals surface area contributed by atoms with Crippen molar-refractivity contribution in [2.75, 3.05) is 18.9 Å². The van der Waals surface area contributed by atoms with Crippen molar-refractivity contribution in [3.63, 3.8) is 0 Å². The van der Waals surface area contributed by atoms with Crippen molar-refractivity contribution in [3.8, 4) is 6.07 Å². The summed E-state index contributed by atoms with van der Waals surface area (Å²) in [5.74, 6) is 0.624. The Kier molecular flexibility index (Phi) is 3.55. The Morgan fingerprint density at radius 3 is 3.06 bits per heavy atom. The number of hydrogen-bond donors (Lipinski definition) is 1. The van der Waals surface area contributed by atoms with Crippen LogP contribution in [0.4, 0.5) is 5.82 Å². The molecule has 1 atom stereocenters. The minimum Gasteiger partial charge on any atom is -0.367 e. The normalized spacial score (nSPS) is 16.6. The van der Waals surface area contributed by atoms with E-state index in [1.807, 2.05) is 0 Å². The van der Waals surface area contributed by atoms with E-state index in [-0.39, 0.29) is 0 Å². The van der Waals surface area contributed by atoms with Gasteiger partial charge in [0, 0.05) is 18.6 Å². The maximum absolute atomic E-state index is 8.91. The first-order valence-corrected chi connectivity index (χ1v) is 5.88. The van der Waals surface area contributed by atoms with Crippen molar-refractivity contribution < 1.29 is 0 Å². The average Bonchev–Trinajstić information content (AvgIpc) is 3.19. The maximum atomic E-state index is 8.91. The number of rotatable bonds is 5. The number of nitrogens with zero attached hydrogens (tertiary/aromatic N) is 4. The van der Waals surface area contributed by atoms with Gasteiger partial charge in [-0.25, -0.2) is 9.97 Å². The first-order chi connectivity index (χ1) is 8.22. The van der Waals surface area contributed by atoms with Gasteiger partial charge < -0.3 is 5.32 Å². The summed E-state index contributed by atoms with van der Waals surface area (Å²) in [5, 5.41) is 12.1. The molecule has 1 N–H and O–H groups in total. The van der Waals surface area contributed by atoms with Crippen molar-refractivity contribution in [2.45, 2.75) is 31.8 Å². The standard InChI is InChI=1S/C12H17N5/c1-9(17(2)11-3-4-11)6-15-12-10(5-13)7-14-8-16-12/h7-9,11H,3-4,6H2,1-2H3,(H,14,15,16). The highest BCUT2D eigenvalue weighted by molar-refractivity contribution is 5.49. The van der Waals surface area contributed by atoms with E-state index in [9.17, 15) is 0 Å². The lowest BCUT2D eigenvalue weighted by molar-refractivity contribution is 0.257. The summed E-state index contributed by atoms with van der Waals surface area (Å²) in [7, 11) is 2.15. The van der Waals surface area contributed by atoms with E-state index in [1.165, 1.54) is 25.4 Å². The third-order valence-corrected chi connectivity index (χ3v) is 3.22. The minimum atomic E-state index is 0.434. The molecule has 5 nitrogen and oxygen atoms in total. The molecular weight excluding hydrogens is 214 g/mol. The molecule has 0 bridgehead atoms. The lowest BCUT2D eigenvalue weighted by Crippen LogP contribution is -2.36. The van der Waals surface area contributed by atoms with Gasteiger partial charge in [0.05, 0.1) is 6.20 Å². The number of hydrogen-bond acceptors (Lipinski definition) is 5. The second kappa shape index (κ2) is 5.11. The van der Waals surface area contributed by atoms with E-state index in [0.29, 0.717) is 17.4 Å². The molecule has 1 unspecified atom stereocenters. The van der Waals surface area contributed by atoms with Crippen LogP contribution in [0.15, 0.2) is 12.5 Å². The summed E-state index contributed by atoms with van der Waals surface area (Å²) in [6.07, 6.45) is 5.60. The van der Waals surface area contributed by atoms with E-state index in [0.717, 1.165) is 12.6 Å². The zero-order chi connectivity index (χ0) is 12.3. The minimum absolute atomic E-state index is 0.434. The van der Waals surface area contributed by atoms with Crippen molar-refractivity contribution in [1.82, 2.24) is 14.9 Å². The molecule has 0 amide bonds. The van der Waals surface area contributed by atoms with Gasteiger partial charge >= 0.3 is 0 Å². The van der Waals surface area contributed by atoms with Crippen LogP contribution in [0, 0.1) is 11.3 Å². The number of anilines is 1. The smallest absolute Gasteiger partial charge is 0.147 e. The fraction of sp³-hybridized carbons (Fsp3) is 0.583. The molecule has 1 saturated carbocycles. The number of nitrogens with one attached hydrogen (secondary N) is 1. The van der Waals surface area contributed by atoms with Crippen LogP contribution in [0.5, 0.6) is 0 Å². The van der Waals surface area contributed by atoms with Crippen LogP contribution in [0.3, 0.4) is 0 Å². The summed E-state index contributed by atoms with van der Waals surface area (Å²) in [4.78, 5) is 10.3. The van der Waals surface area contributed by atoms with Crippen molar-refractivity contribution >= 4 is 5.82 Å². The van der Waals surface area contributed by atoms with E-state index in [2.05, 4.69) is 40.2 Å². The predicted octanol–water partition coefficient (Wildman–Crippen LogP) is 1.24. The molecule has 1 heterocycles. The van der Waals surface area contributed by atoms with Gasteiger partial charge in [0.15, 0.2) is 0 Å². The molecule has 2 rings (SSSR count). The SMILES string of the molecule is CC(CNc1ncncc1C#N)N(C)C1CC1. The fourth-order valence-electron chi connectivity index (χ4n) is 1.78. The molecule has 0 radical (unpaired) electrons. The molecule has 1 aromatic heterocycles. The van der Waals surface area contributed by atoms with E-state index < -0.39 is 0 Å². The Balaban J connectivity index is 1.90. The maximum Gasteiger partial charge on any atom is 0.147 e. The Labute approximate surface area is 101 Å². The highest BCUT2D eigenvalue weighted by atomic mass is 15.2. The van der Waals surface area contributed by atoms with Crippen molar-refractivity contribution in [1.29, 1.82) is 5.26 Å². The molecule has 1 fully saturated rings. The zero-order valence-corrected chi connectivity index (χ0v) is 10.2. The summed E-state index contributed by atoms with van der Waals surface area (Å²) < 4.78 is 0. The molecule has 0 spiro atoms. The first-order valence-electron chi connectivity index (χ1n) is 5.88. The van der Waals surface area contributed by atoms with Crippen LogP contribution < -0.4 is 5.32 Å². The monoisotopic (exact) mass is 231 g/mol. The van der Waals surface area contributed by atoms with Gasteiger partial charge in [-0.2, -0.15) is 5.26 Å². The first kappa shape index (κ1) is 11.8. The molecule has 1 aromatic rings. The fourth-order valence-corrected chi connectivity index (χ4v) is 1.78. The molecular formula is C12H17N5. The summed E-state index contributed by atoms with van der Waals surface area (Å²) >= 11 is 0. The molecule has 17 heavy (non-hydrogen) atoms. The van der Waals surface area contributed by atoms with Crippen LogP contribution in [0.25, 0.3) is 0 Å². The predicted molar refractivity (Wildman–Crippen MR) is 65.5 cm³/mol. The second-order valence-electron chi connectivity index (χ2n) is 4.52. The van der Waals surface area contributed by atoms with Gasteiger partial charge in [-0.05, 0) is 26.8 Å². The summed E-state index contributed by atoms with van der Waals surface area (Å²) in [6.45, 7) is 2.97. The Morgan fingerprint density at radius 1 is 1.65 bits per heavy atom. The highest BCUT2D eigenvalue weighted by Gasteiger charge is 2.28. The van der Waals surface area contributed by atoms with Gasteiger partial charge in [0.2, 0.25) is 0 Å². The Morgan fingerprint density at radius 2 is 2.41 bits per heavy atom. The lowest BCUT2D eigenvalue weighted by Gasteiger charge is -2.24. The topological polar surface area (TPSA) is 64.8 Å². The molecule has 0 aliphatic heterocycles. The van der Waals surface area contributed by atoms with Crippen LogP contribution in [0.1, 0.15) is 25.3 Å². The molecule has 0 saturated heterocycles. The molecule has 1 aliphatic carbocycles. The second-order valence-corrected chi connectivity index (χ2v) is 4.52. The molecule has 1 aliphatic rings. The molecule has 5 heteroatoms. The molecule has 0 aromatic carbocycles. The molecule has 90 valence electrons. The van der Waals surface area contributed by atoms with Crippen molar-refractivity contribution in [2.24, 2.45) is 0 Å². The average molecular weight is 231 g/mol. The van der Waals surface area contributed by atoms with Gasteiger partial charge in [0.25, 0.3) is 0 Å². The summed E-state index contributed by atoms with van der Waals surface area (Å²) in [5.41, 5.74) is 0.494. The van der Waals surface area contributed by atoms with Gasteiger partial charge in [-0.3, -0.25) is 4.90 Å². The van der Waals surface area contributed by atoms with E-state index in [1.54, 1.807) is 0 Å². The Bertz CT molecular complexity index is 421. The third kappa shape index (κ3) is 2.92. The van der Waals surface area contributed by atoms with Gasteiger partial charge in [-0.15, -0.1) is 0 Å². The van der Waals surface area contributed by atoms with Crippen LogP contribution in [-0.4, -0.2) is 40.5 Å². The number of aromatic nitrogens is 2. The van der Waals surface area contributed by atoms with E-state index >= 15 is 0 Å². The summed E-state index contributed by atoms with van der Waals surface area (Å²) in [6, 6.07) is 3.26. The van der Waals surface area contributed by atoms with Gasteiger partial charge in [-0.1, -0.05) is 0 Å². The number of nitriles is 1. The quantitative estimate of drug-likeness (QED) is 0.826. The van der Waals surface area contributed by atoms with Crippen LogP contribution in [0.2, 0.25) is 0 Å². The highest BCUT2D eigenvalue weighted by Crippen LogP contribution is 2.26. The Hall–Kier alpha value is -1.67. The number of likely N-dealkylation sites (N-methyl/N-ethyl adjacent to an activating group) is 1.